The highest BCUT2D eigenvalue weighted by atomic mass is 16.5. The van der Waals surface area contributed by atoms with Crippen LogP contribution in [0.25, 0.3) is 0 Å². The average Bonchev–Trinajstić information content (AvgIpc) is 2.88. The highest BCUT2D eigenvalue weighted by molar-refractivity contribution is 5.25. The smallest absolute Gasteiger partial charge is 0.165 e. The van der Waals surface area contributed by atoms with E-state index in [2.05, 4.69) is 22.2 Å². The first-order valence-electron chi connectivity index (χ1n) is 6.04. The molecule has 0 N–H and O–H groups in total. The van der Waals surface area contributed by atoms with Crippen molar-refractivity contribution >= 4 is 0 Å². The number of hydrogen-bond donors (Lipinski definition) is 0. The van der Waals surface area contributed by atoms with Gasteiger partial charge in [0, 0.05) is 6.20 Å². The molecule has 0 bridgehead atoms. The van der Waals surface area contributed by atoms with Gasteiger partial charge in [-0.2, -0.15) is 5.10 Å². The molecule has 3 aromatic rings. The maximum atomic E-state index is 5.65. The van der Waals surface area contributed by atoms with Crippen LogP contribution in [-0.4, -0.2) is 14.8 Å². The highest BCUT2D eigenvalue weighted by Crippen LogP contribution is 2.19. The van der Waals surface area contributed by atoms with Gasteiger partial charge in [0.25, 0.3) is 0 Å². The molecule has 0 amide bonds. The van der Waals surface area contributed by atoms with E-state index in [9.17, 15) is 0 Å². The molecule has 2 heterocycles. The lowest BCUT2D eigenvalue weighted by Gasteiger charge is -2.02. The van der Waals surface area contributed by atoms with E-state index in [0.717, 1.165) is 6.54 Å². The highest BCUT2D eigenvalue weighted by Gasteiger charge is 2.02. The number of pyridine rings is 1. The van der Waals surface area contributed by atoms with Crippen molar-refractivity contribution in [2.75, 3.05) is 0 Å². The second-order valence-corrected chi connectivity index (χ2v) is 4.15. The Morgan fingerprint density at radius 3 is 2.63 bits per heavy atom. The molecule has 1 aromatic carbocycles. The summed E-state index contributed by atoms with van der Waals surface area (Å²) in [5, 5.41) is 4.28. The van der Waals surface area contributed by atoms with Crippen LogP contribution < -0.4 is 4.74 Å². The Morgan fingerprint density at radius 2 is 1.84 bits per heavy atom. The van der Waals surface area contributed by atoms with Crippen LogP contribution in [0, 0.1) is 0 Å². The molecule has 0 saturated carbocycles. The second-order valence-electron chi connectivity index (χ2n) is 4.15. The summed E-state index contributed by atoms with van der Waals surface area (Å²) < 4.78 is 7.50. The third-order valence-corrected chi connectivity index (χ3v) is 2.67. The zero-order chi connectivity index (χ0) is 12.9. The Balaban J connectivity index is 1.70. The van der Waals surface area contributed by atoms with Crippen LogP contribution in [0.15, 0.2) is 67.3 Å². The Kier molecular flexibility index (Phi) is 3.23. The van der Waals surface area contributed by atoms with Crippen LogP contribution >= 0.6 is 0 Å². The Morgan fingerprint density at radius 1 is 0.947 bits per heavy atom. The lowest BCUT2D eigenvalue weighted by molar-refractivity contribution is 0.479. The SMILES string of the molecule is c1ccc(Cn2cc(Oc3cccnc3)cn2)cc1. The lowest BCUT2D eigenvalue weighted by Crippen LogP contribution is -1.99. The maximum Gasteiger partial charge on any atom is 0.165 e. The summed E-state index contributed by atoms with van der Waals surface area (Å²) in [7, 11) is 0. The zero-order valence-corrected chi connectivity index (χ0v) is 10.3. The summed E-state index contributed by atoms with van der Waals surface area (Å²) >= 11 is 0. The van der Waals surface area contributed by atoms with E-state index in [4.69, 9.17) is 4.74 Å². The Labute approximate surface area is 111 Å². The molecule has 0 saturated heterocycles. The predicted octanol–water partition coefficient (Wildman–Crippen LogP) is 3.12. The van der Waals surface area contributed by atoms with Crippen molar-refractivity contribution < 1.29 is 4.74 Å². The van der Waals surface area contributed by atoms with Gasteiger partial charge in [0.05, 0.1) is 25.1 Å². The minimum atomic E-state index is 0.710. The van der Waals surface area contributed by atoms with Gasteiger partial charge in [0.1, 0.15) is 5.75 Å². The molecule has 0 aliphatic rings. The monoisotopic (exact) mass is 251 g/mol. The minimum absolute atomic E-state index is 0.710. The van der Waals surface area contributed by atoms with E-state index in [1.807, 2.05) is 41.2 Å². The molecule has 0 atom stereocenters. The molecule has 4 heteroatoms. The van der Waals surface area contributed by atoms with Gasteiger partial charge >= 0.3 is 0 Å². The van der Waals surface area contributed by atoms with Gasteiger partial charge in [-0.05, 0) is 17.7 Å². The van der Waals surface area contributed by atoms with Gasteiger partial charge in [-0.1, -0.05) is 30.3 Å². The fourth-order valence-electron chi connectivity index (χ4n) is 1.80. The molecule has 0 spiro atoms. The van der Waals surface area contributed by atoms with E-state index < -0.39 is 0 Å². The number of hydrogen-bond acceptors (Lipinski definition) is 3. The van der Waals surface area contributed by atoms with E-state index in [1.54, 1.807) is 18.6 Å². The summed E-state index contributed by atoms with van der Waals surface area (Å²) in [6, 6.07) is 13.9. The van der Waals surface area contributed by atoms with Crippen molar-refractivity contribution in [3.8, 4) is 11.5 Å². The third kappa shape index (κ3) is 2.98. The number of aromatic nitrogens is 3. The molecule has 0 unspecified atom stereocenters. The molecule has 2 aromatic heterocycles. The van der Waals surface area contributed by atoms with E-state index in [1.165, 1.54) is 5.56 Å². The summed E-state index contributed by atoms with van der Waals surface area (Å²) in [5.74, 6) is 1.42. The van der Waals surface area contributed by atoms with Crippen molar-refractivity contribution in [3.05, 3.63) is 72.8 Å². The van der Waals surface area contributed by atoms with Crippen molar-refractivity contribution in [2.24, 2.45) is 0 Å². The third-order valence-electron chi connectivity index (χ3n) is 2.67. The molecule has 0 radical (unpaired) electrons. The van der Waals surface area contributed by atoms with Crippen LogP contribution in [0.4, 0.5) is 0 Å². The molecule has 0 fully saturated rings. The number of ether oxygens (including phenoxy) is 1. The summed E-state index contributed by atoms with van der Waals surface area (Å²) in [6.45, 7) is 0.733. The number of rotatable bonds is 4. The van der Waals surface area contributed by atoms with Crippen LogP contribution in [0.2, 0.25) is 0 Å². The Hall–Kier alpha value is -2.62. The molecular formula is C15H13N3O. The average molecular weight is 251 g/mol. The van der Waals surface area contributed by atoms with Crippen LogP contribution in [0.3, 0.4) is 0 Å². The van der Waals surface area contributed by atoms with Crippen molar-refractivity contribution in [1.29, 1.82) is 0 Å². The second kappa shape index (κ2) is 5.35. The molecule has 3 rings (SSSR count). The van der Waals surface area contributed by atoms with E-state index >= 15 is 0 Å². The fourth-order valence-corrected chi connectivity index (χ4v) is 1.80. The van der Waals surface area contributed by atoms with Gasteiger partial charge in [-0.25, -0.2) is 0 Å². The number of nitrogens with zero attached hydrogens (tertiary/aromatic N) is 3. The molecule has 94 valence electrons. The summed E-state index contributed by atoms with van der Waals surface area (Å²) in [5.41, 5.74) is 1.21. The summed E-state index contributed by atoms with van der Waals surface area (Å²) in [6.07, 6.45) is 6.97. The largest absolute Gasteiger partial charge is 0.452 e. The standard InChI is InChI=1S/C15H13N3O/c1-2-5-13(6-3-1)11-18-12-15(10-17-18)19-14-7-4-8-16-9-14/h1-10,12H,11H2. The van der Waals surface area contributed by atoms with Gasteiger partial charge in [0.2, 0.25) is 0 Å². The van der Waals surface area contributed by atoms with Crippen LogP contribution in [0.5, 0.6) is 11.5 Å². The topological polar surface area (TPSA) is 39.9 Å². The number of benzene rings is 1. The maximum absolute atomic E-state index is 5.65. The van der Waals surface area contributed by atoms with E-state index in [0.29, 0.717) is 11.5 Å². The first kappa shape index (κ1) is 11.5. The minimum Gasteiger partial charge on any atom is -0.452 e. The molecule has 0 aliphatic heterocycles. The first-order valence-corrected chi connectivity index (χ1v) is 6.04. The van der Waals surface area contributed by atoms with E-state index in [-0.39, 0.29) is 0 Å². The van der Waals surface area contributed by atoms with Gasteiger partial charge in [0.15, 0.2) is 5.75 Å². The van der Waals surface area contributed by atoms with Crippen molar-refractivity contribution in [2.45, 2.75) is 6.54 Å². The van der Waals surface area contributed by atoms with Crippen LogP contribution in [0.1, 0.15) is 5.56 Å². The van der Waals surface area contributed by atoms with Crippen molar-refractivity contribution in [3.63, 3.8) is 0 Å². The first-order chi connectivity index (χ1) is 9.40. The Bertz CT molecular complexity index is 579. The fraction of sp³-hybridized carbons (Fsp3) is 0.0667. The zero-order valence-electron chi connectivity index (χ0n) is 10.3. The van der Waals surface area contributed by atoms with Gasteiger partial charge < -0.3 is 4.74 Å². The normalized spacial score (nSPS) is 10.3. The van der Waals surface area contributed by atoms with Gasteiger partial charge in [-0.15, -0.1) is 0 Å². The molecule has 0 aliphatic carbocycles. The molecular weight excluding hydrogens is 238 g/mol. The quantitative estimate of drug-likeness (QED) is 0.715. The molecule has 4 nitrogen and oxygen atoms in total. The lowest BCUT2D eigenvalue weighted by atomic mass is 10.2. The van der Waals surface area contributed by atoms with Crippen molar-refractivity contribution in [1.82, 2.24) is 14.8 Å². The van der Waals surface area contributed by atoms with Crippen LogP contribution in [-0.2, 0) is 6.54 Å². The van der Waals surface area contributed by atoms with Gasteiger partial charge in [-0.3, -0.25) is 9.67 Å². The summed E-state index contributed by atoms with van der Waals surface area (Å²) in [4.78, 5) is 4.00. The predicted molar refractivity (Wildman–Crippen MR) is 72.1 cm³/mol. The molecule has 19 heavy (non-hydrogen) atoms.